The summed E-state index contributed by atoms with van der Waals surface area (Å²) in [5.74, 6) is -4.73. The van der Waals surface area contributed by atoms with Crippen LogP contribution < -0.4 is 52.8 Å². The first kappa shape index (κ1) is 68.6. The van der Waals surface area contributed by atoms with Gasteiger partial charge in [-0.3, -0.25) is 38.4 Å². The van der Waals surface area contributed by atoms with E-state index >= 15 is 8.63 Å². The van der Waals surface area contributed by atoms with Gasteiger partial charge in [0.2, 0.25) is 41.4 Å². The third-order valence-electron chi connectivity index (χ3n) is 15.8. The number of halogens is 2. The first-order valence-electron chi connectivity index (χ1n) is 30.9. The standard InChI is InChI=1S/C66H80BF2N11O11S/c1-43(2)37-53(75-61(84)30-35-78-33-28-51(29-34-78)91-57-15-7-6-13-46(57)38-45-11-4-3-5-12-45)65(88)77-55(41-81)66(89)76-54(40-59(70)82)64(87)73-32-27-60(83)74-52(63(71)86)14-8-9-31-72-62(85)42-90-50-24-18-44(19-25-50)17-20-47-21-22-48-39-49-23-26-56(58-16-10-36-92-58)80(49)67(68,69)79(47)48/h3-7,10-13,15-26,36,39,43,51-55,81H,8-9,14,27-35,37-38,40-42H2,1-2H3,(H2,70,82)(H2,71,86)(H,72,85)(H,73,87)(H,74,83)(H,75,84)(H,76,89)(H,77,88)/b20-17+/t52-,53-,54-,55-/m0/s1. The molecule has 3 aliphatic heterocycles. The van der Waals surface area contributed by atoms with E-state index in [1.165, 1.54) is 16.9 Å². The summed E-state index contributed by atoms with van der Waals surface area (Å²) in [6.45, 7) is 0.0909. The average Bonchev–Trinajstić information content (AvgIpc) is 1.55. The van der Waals surface area contributed by atoms with Crippen LogP contribution in [-0.2, 0) is 44.8 Å². The van der Waals surface area contributed by atoms with Gasteiger partial charge in [0, 0.05) is 81.6 Å². The van der Waals surface area contributed by atoms with Gasteiger partial charge in [0.25, 0.3) is 5.91 Å². The molecular formula is C66H80BF2N11O11S. The number of amides is 8. The largest absolute Gasteiger partial charge is 0.737 e. The summed E-state index contributed by atoms with van der Waals surface area (Å²) in [4.78, 5) is 106. The Hall–Kier alpha value is -9.27. The first-order chi connectivity index (χ1) is 44.2. The number of piperidine rings is 1. The third-order valence-corrected chi connectivity index (χ3v) is 16.7. The van der Waals surface area contributed by atoms with Gasteiger partial charge >= 0.3 is 6.97 Å². The lowest BCUT2D eigenvalue weighted by Crippen LogP contribution is -2.58. The molecule has 0 unspecified atom stereocenters. The normalized spacial score (nSPS) is 15.7. The molecule has 3 aliphatic rings. The molecule has 5 aromatic rings. The smallest absolute Gasteiger partial charge is 0.490 e. The van der Waals surface area contributed by atoms with E-state index in [0.29, 0.717) is 66.6 Å². The number of fused-ring (bicyclic) bond motifs is 2. The predicted molar refractivity (Wildman–Crippen MR) is 347 cm³/mol. The lowest BCUT2D eigenvalue weighted by Gasteiger charge is -2.32. The van der Waals surface area contributed by atoms with Crippen molar-refractivity contribution < 1.29 is 66.1 Å². The van der Waals surface area contributed by atoms with Gasteiger partial charge in [-0.1, -0.05) is 86.7 Å². The summed E-state index contributed by atoms with van der Waals surface area (Å²) in [6, 6.07) is 26.6. The number of ether oxygens (including phenoxy) is 2. The molecule has 5 heterocycles. The molecule has 8 amide bonds. The van der Waals surface area contributed by atoms with Gasteiger partial charge in [0.05, 0.1) is 17.9 Å². The number of hydrogen-bond donors (Lipinski definition) is 9. The second kappa shape index (κ2) is 33.2. The van der Waals surface area contributed by atoms with Crippen LogP contribution in [0.25, 0.3) is 18.2 Å². The van der Waals surface area contributed by atoms with Gasteiger partial charge in [-0.2, -0.15) is 0 Å². The van der Waals surface area contributed by atoms with Gasteiger partial charge in [-0.05, 0) is 109 Å². The molecule has 1 saturated heterocycles. The Balaban J connectivity index is 0.701. The molecule has 488 valence electrons. The maximum absolute atomic E-state index is 16.2. The van der Waals surface area contributed by atoms with E-state index in [2.05, 4.69) is 55.0 Å². The number of thiophene rings is 1. The lowest BCUT2D eigenvalue weighted by atomic mass is 9.90. The fourth-order valence-corrected chi connectivity index (χ4v) is 11.8. The Morgan fingerprint density at radius 3 is 2.15 bits per heavy atom. The molecule has 92 heavy (non-hydrogen) atoms. The van der Waals surface area contributed by atoms with Crippen molar-refractivity contribution in [2.75, 3.05) is 45.9 Å². The van der Waals surface area contributed by atoms with Crippen LogP contribution in [0.1, 0.15) is 105 Å². The number of nitrogens with two attached hydrogens (primary N) is 2. The van der Waals surface area contributed by atoms with E-state index in [1.54, 1.807) is 66.8 Å². The highest BCUT2D eigenvalue weighted by Gasteiger charge is 2.52. The van der Waals surface area contributed by atoms with Crippen molar-refractivity contribution in [1.82, 2.24) is 41.3 Å². The Labute approximate surface area is 537 Å². The minimum Gasteiger partial charge on any atom is -0.490 e. The molecular weight excluding hydrogens is 1200 g/mol. The zero-order chi connectivity index (χ0) is 65.7. The number of unbranched alkanes of at least 4 members (excludes halogenated alkanes) is 1. The van der Waals surface area contributed by atoms with Crippen molar-refractivity contribution in [2.24, 2.45) is 17.4 Å². The maximum atomic E-state index is 16.2. The zero-order valence-corrected chi connectivity index (χ0v) is 52.3. The van der Waals surface area contributed by atoms with Crippen LogP contribution >= 0.6 is 11.3 Å². The molecule has 0 radical (unpaired) electrons. The molecule has 2 aromatic heterocycles. The van der Waals surface area contributed by atoms with Crippen LogP contribution in [0.15, 0.2) is 126 Å². The third kappa shape index (κ3) is 19.6. The van der Waals surface area contributed by atoms with Crippen molar-refractivity contribution in [1.29, 1.82) is 0 Å². The Bertz CT molecular complexity index is 3540. The molecule has 3 aromatic carbocycles. The minimum atomic E-state index is -4.19. The number of carbonyl (C=O) groups is 8. The van der Waals surface area contributed by atoms with Crippen LogP contribution in [-0.4, -0.2) is 155 Å². The Morgan fingerprint density at radius 1 is 0.739 bits per heavy atom. The molecule has 0 aliphatic carbocycles. The van der Waals surface area contributed by atoms with Crippen LogP contribution in [0.3, 0.4) is 0 Å². The molecule has 0 bridgehead atoms. The number of hydrogen-bond acceptors (Lipinski definition) is 13. The van der Waals surface area contributed by atoms with E-state index in [1.807, 2.05) is 67.8 Å². The summed E-state index contributed by atoms with van der Waals surface area (Å²) in [6.07, 6.45) is 11.0. The molecule has 4 atom stereocenters. The molecule has 11 N–H and O–H groups in total. The van der Waals surface area contributed by atoms with Gasteiger partial charge < -0.3 is 80.4 Å². The van der Waals surface area contributed by atoms with Gasteiger partial charge in [-0.25, -0.2) is 0 Å². The zero-order valence-electron chi connectivity index (χ0n) is 51.5. The number of rotatable bonds is 34. The summed E-state index contributed by atoms with van der Waals surface area (Å²) < 4.78 is 46.7. The van der Waals surface area contributed by atoms with Crippen LogP contribution in [0, 0.1) is 5.92 Å². The van der Waals surface area contributed by atoms with E-state index in [0.717, 1.165) is 44.4 Å². The Kier molecular flexibility index (Phi) is 24.7. The van der Waals surface area contributed by atoms with Gasteiger partial charge in [0.1, 0.15) is 41.8 Å². The van der Waals surface area contributed by atoms with E-state index < -0.39 is 85.5 Å². The van der Waals surface area contributed by atoms with Crippen molar-refractivity contribution in [3.8, 4) is 11.5 Å². The molecule has 26 heteroatoms. The monoisotopic (exact) mass is 1280 g/mol. The summed E-state index contributed by atoms with van der Waals surface area (Å²) >= 11 is 1.40. The number of aliphatic hydroxyl groups excluding tert-OH is 1. The fourth-order valence-electron chi connectivity index (χ4n) is 11.0. The average molecular weight is 1280 g/mol. The number of nitrogens with zero attached hydrogens (tertiary/aromatic N) is 3. The molecule has 0 saturated carbocycles. The van der Waals surface area contributed by atoms with E-state index in [9.17, 15) is 43.5 Å². The summed E-state index contributed by atoms with van der Waals surface area (Å²) in [5, 5.41) is 27.3. The van der Waals surface area contributed by atoms with Crippen LogP contribution in [0.4, 0.5) is 8.63 Å². The number of aliphatic hydroxyl groups is 1. The molecule has 0 spiro atoms. The predicted octanol–water partition coefficient (Wildman–Crippen LogP) is 4.40. The number of para-hydroxylation sites is 1. The van der Waals surface area contributed by atoms with Crippen molar-refractivity contribution in [3.05, 3.63) is 159 Å². The second-order valence-corrected chi connectivity index (χ2v) is 24.2. The summed E-state index contributed by atoms with van der Waals surface area (Å²) in [5.41, 5.74) is 15.6. The summed E-state index contributed by atoms with van der Waals surface area (Å²) in [7, 11) is 0. The topological polar surface area (TPSA) is 311 Å². The van der Waals surface area contributed by atoms with Crippen molar-refractivity contribution in [2.45, 2.75) is 108 Å². The molecule has 1 fully saturated rings. The van der Waals surface area contributed by atoms with Gasteiger partial charge in [0.15, 0.2) is 18.0 Å². The molecule has 22 nitrogen and oxygen atoms in total. The maximum Gasteiger partial charge on any atom is 0.737 e. The number of carbonyl (C=O) groups excluding carboxylic acids is 8. The van der Waals surface area contributed by atoms with Crippen molar-refractivity contribution >= 4 is 89.5 Å². The fraction of sp³-hybridized carbons (Fsp3) is 0.379. The van der Waals surface area contributed by atoms with E-state index in [-0.39, 0.29) is 63.3 Å². The molecule has 8 rings (SSSR count). The lowest BCUT2D eigenvalue weighted by molar-refractivity contribution is -0.360. The number of benzene rings is 3. The number of allylic oxidation sites excluding steroid dienone is 2. The number of primary amides is 2. The van der Waals surface area contributed by atoms with Crippen molar-refractivity contribution in [3.63, 3.8) is 0 Å². The second-order valence-electron chi connectivity index (χ2n) is 23.3. The number of nitrogens with one attached hydrogen (secondary N) is 6. The van der Waals surface area contributed by atoms with Crippen LogP contribution in [0.2, 0.25) is 0 Å². The quantitative estimate of drug-likeness (QED) is 0.0205. The minimum absolute atomic E-state index is 0.0138. The first-order valence-corrected chi connectivity index (χ1v) is 31.8. The highest BCUT2D eigenvalue weighted by atomic mass is 32.1. The number of aromatic nitrogens is 1. The number of likely N-dealkylation sites (tertiary alicyclic amines) is 1. The van der Waals surface area contributed by atoms with Crippen LogP contribution in [0.5, 0.6) is 11.5 Å². The highest BCUT2D eigenvalue weighted by Crippen LogP contribution is 2.35. The van der Waals surface area contributed by atoms with Gasteiger partial charge in [-0.15, -0.1) is 11.3 Å². The van der Waals surface area contributed by atoms with E-state index in [4.69, 9.17) is 20.9 Å². The highest BCUT2D eigenvalue weighted by molar-refractivity contribution is 7.12. The SMILES string of the molecule is CC(C)C[C@H](NC(=O)CCN1CCC(Oc2ccccc2Cc2ccccc2)CC1)C(=O)N[C@@H](CO)C(=O)N[C@@H](CC(N)=O)C(=O)NCCC(=O)N[C@@H](CCCCNC(=O)COc1ccc(/C=C/c2ccc3n2[B-](F)(F)[N+]2=C(c4cccs4)C=CC2=C3)cc1)C(N)=O. The Morgan fingerprint density at radius 2 is 1.45 bits per heavy atom.